The minimum atomic E-state index is -3.46. The van der Waals surface area contributed by atoms with E-state index in [0.29, 0.717) is 13.1 Å². The predicted octanol–water partition coefficient (Wildman–Crippen LogP) is 0.624. The molecule has 2 rings (SSSR count). The molecule has 6 nitrogen and oxygen atoms in total. The van der Waals surface area contributed by atoms with Crippen LogP contribution >= 0.6 is 0 Å². The molecule has 0 atom stereocenters. The van der Waals surface area contributed by atoms with Gasteiger partial charge in [0.25, 0.3) is 0 Å². The van der Waals surface area contributed by atoms with E-state index in [0.717, 1.165) is 18.5 Å². The second-order valence-corrected chi connectivity index (χ2v) is 6.43. The molecular formula is C14H20N4O2S. The van der Waals surface area contributed by atoms with Crippen LogP contribution in [0.4, 0.5) is 0 Å². The second-order valence-electron chi connectivity index (χ2n) is 4.66. The zero-order valence-electron chi connectivity index (χ0n) is 12.0. The van der Waals surface area contributed by atoms with Gasteiger partial charge < -0.3 is 5.32 Å². The van der Waals surface area contributed by atoms with Crippen molar-refractivity contribution in [3.05, 3.63) is 48.3 Å². The fourth-order valence-electron chi connectivity index (χ4n) is 1.92. The van der Waals surface area contributed by atoms with E-state index in [1.165, 1.54) is 0 Å². The van der Waals surface area contributed by atoms with Crippen LogP contribution in [-0.4, -0.2) is 38.3 Å². The van der Waals surface area contributed by atoms with E-state index in [4.69, 9.17) is 0 Å². The van der Waals surface area contributed by atoms with E-state index in [1.807, 2.05) is 19.2 Å². The molecule has 21 heavy (non-hydrogen) atoms. The Bertz CT molecular complexity index is 636. The van der Waals surface area contributed by atoms with Gasteiger partial charge in [-0.3, -0.25) is 4.68 Å². The quantitative estimate of drug-likeness (QED) is 0.750. The summed E-state index contributed by atoms with van der Waals surface area (Å²) in [5, 5.41) is 7.09. The third-order valence-corrected chi connectivity index (χ3v) is 4.57. The number of nitrogens with one attached hydrogen (secondary N) is 2. The van der Waals surface area contributed by atoms with E-state index in [-0.39, 0.29) is 4.90 Å². The molecule has 0 aliphatic rings. The van der Waals surface area contributed by atoms with Crippen molar-refractivity contribution in [2.45, 2.75) is 17.9 Å². The number of aromatic nitrogens is 2. The van der Waals surface area contributed by atoms with Gasteiger partial charge in [-0.1, -0.05) is 12.1 Å². The maximum Gasteiger partial charge on any atom is 0.240 e. The minimum absolute atomic E-state index is 0.288. The van der Waals surface area contributed by atoms with E-state index >= 15 is 0 Å². The number of rotatable bonds is 8. The molecule has 0 aliphatic heterocycles. The first-order valence-corrected chi connectivity index (χ1v) is 8.31. The topological polar surface area (TPSA) is 76.0 Å². The normalized spacial score (nSPS) is 11.7. The summed E-state index contributed by atoms with van der Waals surface area (Å²) in [5.41, 5.74) is 1.11. The zero-order valence-corrected chi connectivity index (χ0v) is 12.8. The third-order valence-electron chi connectivity index (χ3n) is 3.09. The summed E-state index contributed by atoms with van der Waals surface area (Å²) < 4.78 is 28.5. The van der Waals surface area contributed by atoms with Gasteiger partial charge in [-0.2, -0.15) is 5.10 Å². The number of nitrogens with zero attached hydrogens (tertiary/aromatic N) is 2. The Kier molecular flexibility index (Phi) is 5.49. The summed E-state index contributed by atoms with van der Waals surface area (Å²) in [6, 6.07) is 8.78. The lowest BCUT2D eigenvalue weighted by atomic mass is 10.1. The maximum absolute atomic E-state index is 12.1. The monoisotopic (exact) mass is 308 g/mol. The largest absolute Gasteiger partial charge is 0.319 e. The van der Waals surface area contributed by atoms with Gasteiger partial charge >= 0.3 is 0 Å². The summed E-state index contributed by atoms with van der Waals surface area (Å²) >= 11 is 0. The van der Waals surface area contributed by atoms with Gasteiger partial charge in [0.15, 0.2) is 0 Å². The maximum atomic E-state index is 12.1. The minimum Gasteiger partial charge on any atom is -0.319 e. The van der Waals surface area contributed by atoms with Crippen molar-refractivity contribution in [1.82, 2.24) is 19.8 Å². The molecule has 0 aliphatic carbocycles. The highest BCUT2D eigenvalue weighted by Gasteiger charge is 2.12. The Balaban J connectivity index is 1.92. The van der Waals surface area contributed by atoms with Gasteiger partial charge in [-0.25, -0.2) is 13.1 Å². The molecule has 0 fully saturated rings. The first kappa shape index (κ1) is 15.7. The molecular weight excluding hydrogens is 288 g/mol. The van der Waals surface area contributed by atoms with Crippen LogP contribution in [0, 0.1) is 0 Å². The molecule has 0 amide bonds. The van der Waals surface area contributed by atoms with Gasteiger partial charge in [-0.15, -0.1) is 0 Å². The van der Waals surface area contributed by atoms with Crippen LogP contribution in [0.15, 0.2) is 47.6 Å². The zero-order chi connectivity index (χ0) is 15.1. The molecule has 1 aromatic heterocycles. The number of hydrogen-bond donors (Lipinski definition) is 2. The van der Waals surface area contributed by atoms with E-state index in [9.17, 15) is 8.42 Å². The molecule has 7 heteroatoms. The molecule has 1 heterocycles. The van der Waals surface area contributed by atoms with Crippen LogP contribution in [0.2, 0.25) is 0 Å². The molecule has 0 saturated carbocycles. The third kappa shape index (κ3) is 4.66. The summed E-state index contributed by atoms with van der Waals surface area (Å²) in [5.74, 6) is 0. The lowest BCUT2D eigenvalue weighted by Gasteiger charge is -2.08. The Labute approximate surface area is 125 Å². The van der Waals surface area contributed by atoms with Crippen LogP contribution in [0.5, 0.6) is 0 Å². The fraction of sp³-hybridized carbons (Fsp3) is 0.357. The van der Waals surface area contributed by atoms with E-state index in [2.05, 4.69) is 15.1 Å². The second kappa shape index (κ2) is 7.35. The van der Waals surface area contributed by atoms with Gasteiger partial charge in [0.05, 0.1) is 11.4 Å². The number of likely N-dealkylation sites (N-methyl/N-ethyl adjacent to an activating group) is 1. The molecule has 0 saturated heterocycles. The Morgan fingerprint density at radius 2 is 1.95 bits per heavy atom. The Morgan fingerprint density at radius 1 is 1.19 bits per heavy atom. The molecule has 0 bridgehead atoms. The SMILES string of the molecule is CNCCc1ccc(S(=O)(=O)NCCn2cccn2)cc1. The molecule has 0 unspecified atom stereocenters. The first-order chi connectivity index (χ1) is 10.1. The average molecular weight is 308 g/mol. The molecule has 0 spiro atoms. The lowest BCUT2D eigenvalue weighted by Crippen LogP contribution is -2.27. The summed E-state index contributed by atoms with van der Waals surface area (Å²) in [4.78, 5) is 0.288. The van der Waals surface area contributed by atoms with Gasteiger partial charge in [0.2, 0.25) is 10.0 Å². The van der Waals surface area contributed by atoms with E-state index < -0.39 is 10.0 Å². The Morgan fingerprint density at radius 3 is 2.57 bits per heavy atom. The lowest BCUT2D eigenvalue weighted by molar-refractivity contribution is 0.561. The number of sulfonamides is 1. The highest BCUT2D eigenvalue weighted by Crippen LogP contribution is 2.10. The smallest absolute Gasteiger partial charge is 0.240 e. The van der Waals surface area contributed by atoms with Crippen LogP contribution in [0.3, 0.4) is 0 Å². The predicted molar refractivity (Wildman–Crippen MR) is 81.5 cm³/mol. The first-order valence-electron chi connectivity index (χ1n) is 6.82. The standard InChI is InChI=1S/C14H20N4O2S/c1-15-9-7-13-3-5-14(6-4-13)21(19,20)17-10-12-18-11-2-8-16-18/h2-6,8,11,15,17H,7,9-10,12H2,1H3. The molecule has 2 aromatic rings. The fourth-order valence-corrected chi connectivity index (χ4v) is 2.94. The highest BCUT2D eigenvalue weighted by atomic mass is 32.2. The van der Waals surface area contributed by atoms with Crippen molar-refractivity contribution in [3.63, 3.8) is 0 Å². The summed E-state index contributed by atoms with van der Waals surface area (Å²) in [7, 11) is -1.57. The number of benzene rings is 1. The van der Waals surface area contributed by atoms with Crippen molar-refractivity contribution < 1.29 is 8.42 Å². The van der Waals surface area contributed by atoms with Gasteiger partial charge in [0, 0.05) is 18.9 Å². The molecule has 2 N–H and O–H groups in total. The van der Waals surface area contributed by atoms with Crippen LogP contribution in [-0.2, 0) is 23.0 Å². The van der Waals surface area contributed by atoms with Gasteiger partial charge in [0.1, 0.15) is 0 Å². The molecule has 1 aromatic carbocycles. The summed E-state index contributed by atoms with van der Waals surface area (Å²) in [6.07, 6.45) is 4.34. The van der Waals surface area contributed by atoms with Gasteiger partial charge in [-0.05, 0) is 43.8 Å². The molecule has 114 valence electrons. The van der Waals surface area contributed by atoms with E-state index in [1.54, 1.807) is 35.3 Å². The van der Waals surface area contributed by atoms with Crippen molar-refractivity contribution >= 4 is 10.0 Å². The Hall–Kier alpha value is -1.70. The summed E-state index contributed by atoms with van der Waals surface area (Å²) in [6.45, 7) is 1.69. The number of hydrogen-bond acceptors (Lipinski definition) is 4. The van der Waals surface area contributed by atoms with Crippen LogP contribution in [0.25, 0.3) is 0 Å². The van der Waals surface area contributed by atoms with Crippen molar-refractivity contribution in [3.8, 4) is 0 Å². The van der Waals surface area contributed by atoms with Crippen molar-refractivity contribution in [2.24, 2.45) is 0 Å². The van der Waals surface area contributed by atoms with Crippen molar-refractivity contribution in [2.75, 3.05) is 20.1 Å². The highest BCUT2D eigenvalue weighted by molar-refractivity contribution is 7.89. The van der Waals surface area contributed by atoms with Crippen molar-refractivity contribution in [1.29, 1.82) is 0 Å². The van der Waals surface area contributed by atoms with Crippen LogP contribution in [0.1, 0.15) is 5.56 Å². The van der Waals surface area contributed by atoms with Crippen LogP contribution < -0.4 is 10.0 Å². The molecule has 0 radical (unpaired) electrons. The average Bonchev–Trinajstić information content (AvgIpc) is 2.98.